The van der Waals surface area contributed by atoms with Crippen molar-refractivity contribution in [1.29, 1.82) is 5.26 Å². The van der Waals surface area contributed by atoms with E-state index in [1.54, 1.807) is 18.2 Å². The lowest BCUT2D eigenvalue weighted by Gasteiger charge is -2.19. The molecule has 0 spiro atoms. The average Bonchev–Trinajstić information content (AvgIpc) is 3.25. The fourth-order valence-corrected chi connectivity index (χ4v) is 4.21. The van der Waals surface area contributed by atoms with Gasteiger partial charge in [-0.2, -0.15) is 14.0 Å². The minimum absolute atomic E-state index is 0.0492. The summed E-state index contributed by atoms with van der Waals surface area (Å²) in [6.45, 7) is 3.87. The van der Waals surface area contributed by atoms with Gasteiger partial charge < -0.3 is 4.74 Å². The lowest BCUT2D eigenvalue weighted by Crippen LogP contribution is -2.17. The third-order valence-corrected chi connectivity index (χ3v) is 6.04. The number of hydrogen-bond acceptors (Lipinski definition) is 3. The van der Waals surface area contributed by atoms with E-state index in [1.807, 2.05) is 26.0 Å². The molecule has 0 radical (unpaired) electrons. The Morgan fingerprint density at radius 3 is 2.40 bits per heavy atom. The molecule has 2 aromatic rings. The van der Waals surface area contributed by atoms with Gasteiger partial charge >= 0.3 is 5.97 Å². The summed E-state index contributed by atoms with van der Waals surface area (Å²) in [5, 5.41) is 9.54. The number of hydrogen-bond donors (Lipinski definition) is 0. The number of rotatable bonds is 6. The van der Waals surface area contributed by atoms with Gasteiger partial charge in [0.05, 0.1) is 9.31 Å². The lowest BCUT2D eigenvalue weighted by molar-refractivity contribution is -0.149. The van der Waals surface area contributed by atoms with Gasteiger partial charge in [0.2, 0.25) is 6.10 Å². The smallest absolute Gasteiger partial charge is 0.311 e. The second-order valence-corrected chi connectivity index (χ2v) is 10.6. The van der Waals surface area contributed by atoms with E-state index < -0.39 is 23.9 Å². The molecule has 30 heavy (non-hydrogen) atoms. The fourth-order valence-electron chi connectivity index (χ4n) is 3.64. The van der Waals surface area contributed by atoms with E-state index in [-0.39, 0.29) is 28.0 Å². The third-order valence-electron chi connectivity index (χ3n) is 5.51. The highest BCUT2D eigenvalue weighted by Gasteiger charge is 2.61. The van der Waals surface area contributed by atoms with E-state index >= 15 is 0 Å². The van der Waals surface area contributed by atoms with Crippen LogP contribution in [-0.4, -0.2) is 5.97 Å². The van der Waals surface area contributed by atoms with Gasteiger partial charge in [0.25, 0.3) is 5.92 Å². The molecular formula is C23H19Br2F2NO2. The Morgan fingerprint density at radius 2 is 1.80 bits per heavy atom. The van der Waals surface area contributed by atoms with Crippen LogP contribution in [0.15, 0.2) is 64.1 Å². The topological polar surface area (TPSA) is 50.1 Å². The summed E-state index contributed by atoms with van der Waals surface area (Å²) in [5.74, 6) is -4.22. The number of esters is 1. The molecule has 7 heteroatoms. The molecule has 1 aliphatic carbocycles. The lowest BCUT2D eigenvalue weighted by atomic mass is 9.97. The molecule has 0 saturated heterocycles. The van der Waals surface area contributed by atoms with Crippen LogP contribution in [0.25, 0.3) is 0 Å². The molecule has 1 fully saturated rings. The molecule has 0 aromatic heterocycles. The highest BCUT2D eigenvalue weighted by Crippen LogP contribution is 2.60. The van der Waals surface area contributed by atoms with Crippen molar-refractivity contribution in [3.05, 3.63) is 80.8 Å². The van der Waals surface area contributed by atoms with Crippen LogP contribution in [0.4, 0.5) is 8.78 Å². The molecule has 3 nitrogen and oxygen atoms in total. The first-order valence-corrected chi connectivity index (χ1v) is 10.8. The normalized spacial score (nSPS) is 20.6. The predicted molar refractivity (Wildman–Crippen MR) is 117 cm³/mol. The van der Waals surface area contributed by atoms with Gasteiger partial charge in [0, 0.05) is 16.7 Å². The Balaban J connectivity index is 1.82. The van der Waals surface area contributed by atoms with Gasteiger partial charge in [-0.15, -0.1) is 0 Å². The van der Waals surface area contributed by atoms with Crippen molar-refractivity contribution in [2.75, 3.05) is 0 Å². The van der Waals surface area contributed by atoms with Crippen molar-refractivity contribution in [3.63, 3.8) is 0 Å². The average molecular weight is 539 g/mol. The number of ether oxygens (including phenoxy) is 1. The van der Waals surface area contributed by atoms with Crippen LogP contribution < -0.4 is 0 Å². The van der Waals surface area contributed by atoms with Gasteiger partial charge in [0.1, 0.15) is 6.07 Å². The number of alkyl halides is 2. The van der Waals surface area contributed by atoms with Gasteiger partial charge in [-0.3, -0.25) is 4.79 Å². The standard InChI is InChI=1S/C23H19Br2F2NO2/c1-22(2)17(12-19(24)25)20(22)21(29)30-18(13-28)14-7-6-10-16(11-14)23(26,27)15-8-4-3-5-9-15/h3-12,17-18,20H,1-2H3. The second-order valence-electron chi connectivity index (χ2n) is 7.79. The van der Waals surface area contributed by atoms with Crippen molar-refractivity contribution < 1.29 is 18.3 Å². The molecule has 3 unspecified atom stereocenters. The molecular weight excluding hydrogens is 520 g/mol. The predicted octanol–water partition coefficient (Wildman–Crippen LogP) is 6.84. The van der Waals surface area contributed by atoms with Crippen molar-refractivity contribution >= 4 is 37.8 Å². The first-order chi connectivity index (χ1) is 14.1. The quantitative estimate of drug-likeness (QED) is 0.378. The van der Waals surface area contributed by atoms with Gasteiger partial charge in [-0.05, 0) is 49.3 Å². The number of benzene rings is 2. The van der Waals surface area contributed by atoms with Crippen LogP contribution in [0.1, 0.15) is 36.6 Å². The van der Waals surface area contributed by atoms with Crippen LogP contribution in [0.3, 0.4) is 0 Å². The largest absolute Gasteiger partial charge is 0.442 e. The molecule has 0 amide bonds. The van der Waals surface area contributed by atoms with Crippen molar-refractivity contribution in [2.45, 2.75) is 25.9 Å². The molecule has 1 aliphatic rings. The van der Waals surface area contributed by atoms with Gasteiger partial charge in [0.15, 0.2) is 0 Å². The first-order valence-electron chi connectivity index (χ1n) is 9.25. The van der Waals surface area contributed by atoms with Crippen LogP contribution in [0, 0.1) is 28.6 Å². The van der Waals surface area contributed by atoms with Crippen LogP contribution >= 0.6 is 31.9 Å². The van der Waals surface area contributed by atoms with Crippen LogP contribution in [-0.2, 0) is 15.5 Å². The number of halogens is 4. The summed E-state index contributed by atoms with van der Waals surface area (Å²) in [6.07, 6.45) is 0.603. The zero-order valence-electron chi connectivity index (χ0n) is 16.3. The van der Waals surface area contributed by atoms with E-state index in [1.165, 1.54) is 36.4 Å². The maximum absolute atomic E-state index is 14.9. The molecule has 2 aromatic carbocycles. The minimum atomic E-state index is -3.24. The minimum Gasteiger partial charge on any atom is -0.442 e. The molecule has 0 N–H and O–H groups in total. The molecule has 156 valence electrons. The number of nitrogens with zero attached hydrogens (tertiary/aromatic N) is 1. The Bertz CT molecular complexity index is 1010. The molecule has 0 heterocycles. The summed E-state index contributed by atoms with van der Waals surface area (Å²) >= 11 is 6.58. The molecule has 0 bridgehead atoms. The maximum atomic E-state index is 14.9. The highest BCUT2D eigenvalue weighted by atomic mass is 79.9. The molecule has 3 atom stereocenters. The Kier molecular flexibility index (Phi) is 6.49. The summed E-state index contributed by atoms with van der Waals surface area (Å²) in [7, 11) is 0. The monoisotopic (exact) mass is 537 g/mol. The van der Waals surface area contributed by atoms with Crippen LogP contribution in [0.2, 0.25) is 0 Å². The van der Waals surface area contributed by atoms with Gasteiger partial charge in [-0.25, -0.2) is 0 Å². The Labute approximate surface area is 191 Å². The number of carbonyl (C=O) groups is 1. The second kappa shape index (κ2) is 8.60. The zero-order valence-corrected chi connectivity index (χ0v) is 19.5. The summed E-state index contributed by atoms with van der Waals surface area (Å²) in [6, 6.07) is 14.8. The molecule has 3 rings (SSSR count). The van der Waals surface area contributed by atoms with Crippen LogP contribution in [0.5, 0.6) is 0 Å². The zero-order chi connectivity index (χ0) is 22.1. The van der Waals surface area contributed by atoms with Crippen molar-refractivity contribution in [2.24, 2.45) is 17.3 Å². The number of carbonyl (C=O) groups excluding carboxylic acids is 1. The fraction of sp³-hybridized carbons (Fsp3) is 0.304. The third kappa shape index (κ3) is 4.50. The van der Waals surface area contributed by atoms with E-state index in [0.29, 0.717) is 0 Å². The number of nitriles is 1. The summed E-state index contributed by atoms with van der Waals surface area (Å²) < 4.78 is 36.0. The Morgan fingerprint density at radius 1 is 1.17 bits per heavy atom. The Hall–Kier alpha value is -2.04. The van der Waals surface area contributed by atoms with E-state index in [4.69, 9.17) is 4.74 Å². The number of allylic oxidation sites excluding steroid dienone is 1. The summed E-state index contributed by atoms with van der Waals surface area (Å²) in [5.41, 5.74) is -0.515. The van der Waals surface area contributed by atoms with Crippen molar-refractivity contribution in [1.82, 2.24) is 0 Å². The van der Waals surface area contributed by atoms with Gasteiger partial charge in [-0.1, -0.05) is 68.5 Å². The molecule has 1 saturated carbocycles. The maximum Gasteiger partial charge on any atom is 0.311 e. The first kappa shape index (κ1) is 22.6. The highest BCUT2D eigenvalue weighted by molar-refractivity contribution is 9.28. The van der Waals surface area contributed by atoms with E-state index in [0.717, 1.165) is 3.39 Å². The SMILES string of the molecule is CC1(C)C(C=C(Br)Br)C1C(=O)OC(C#N)c1cccc(C(F)(F)c2ccccc2)c1. The molecule has 0 aliphatic heterocycles. The summed E-state index contributed by atoms with van der Waals surface area (Å²) in [4.78, 5) is 12.7. The van der Waals surface area contributed by atoms with Crippen molar-refractivity contribution in [3.8, 4) is 6.07 Å². The van der Waals surface area contributed by atoms with E-state index in [2.05, 4.69) is 31.9 Å². The van der Waals surface area contributed by atoms with E-state index in [9.17, 15) is 18.8 Å².